The van der Waals surface area contributed by atoms with Crippen molar-refractivity contribution in [3.8, 4) is 5.69 Å². The summed E-state index contributed by atoms with van der Waals surface area (Å²) in [5.41, 5.74) is 3.14. The van der Waals surface area contributed by atoms with Crippen LogP contribution < -0.4 is 0 Å². The Kier molecular flexibility index (Phi) is 3.95. The van der Waals surface area contributed by atoms with Crippen LogP contribution in [0.3, 0.4) is 0 Å². The zero-order valence-corrected chi connectivity index (χ0v) is 12.9. The summed E-state index contributed by atoms with van der Waals surface area (Å²) < 4.78 is 28.5. The van der Waals surface area contributed by atoms with Crippen molar-refractivity contribution >= 4 is 21.0 Å². The maximum atomic E-state index is 10.9. The van der Waals surface area contributed by atoms with Crippen LogP contribution in [0.1, 0.15) is 12.0 Å². The summed E-state index contributed by atoms with van der Waals surface area (Å²) in [4.78, 5) is 3.22. The molecule has 2 heterocycles. The summed E-state index contributed by atoms with van der Waals surface area (Å²) in [6.45, 7) is 0.191. The molecule has 0 saturated heterocycles. The van der Waals surface area contributed by atoms with Crippen LogP contribution in [0.15, 0.2) is 37.1 Å². The SMILES string of the molecule is CS(=O)(=O)OCCCc1c[nH]c2ccc(-n3cnnc3)cc12. The fourth-order valence-corrected chi connectivity index (χ4v) is 2.76. The number of rotatable bonds is 6. The first-order valence-corrected chi connectivity index (χ1v) is 8.64. The number of fused-ring (bicyclic) bond motifs is 1. The summed E-state index contributed by atoms with van der Waals surface area (Å²) in [6, 6.07) is 6.04. The Morgan fingerprint density at radius 2 is 2.05 bits per heavy atom. The molecular weight excluding hydrogens is 304 g/mol. The topological polar surface area (TPSA) is 89.9 Å². The lowest BCUT2D eigenvalue weighted by Crippen LogP contribution is -2.04. The van der Waals surface area contributed by atoms with Crippen molar-refractivity contribution in [1.82, 2.24) is 19.7 Å². The standard InChI is InChI=1S/C14H16N4O3S/c1-22(19,20)21-6-2-3-11-8-15-14-5-4-12(7-13(11)14)18-9-16-17-10-18/h4-5,7-10,15H,2-3,6H2,1H3. The van der Waals surface area contributed by atoms with E-state index in [1.165, 1.54) is 0 Å². The molecule has 0 radical (unpaired) electrons. The summed E-state index contributed by atoms with van der Waals surface area (Å²) >= 11 is 0. The maximum Gasteiger partial charge on any atom is 0.264 e. The lowest BCUT2D eigenvalue weighted by molar-refractivity contribution is 0.316. The normalized spacial score (nSPS) is 12.0. The third-order valence-corrected chi connectivity index (χ3v) is 3.95. The van der Waals surface area contributed by atoms with Crippen LogP contribution in [0.5, 0.6) is 0 Å². The molecule has 0 aliphatic carbocycles. The number of nitrogens with zero attached hydrogens (tertiary/aromatic N) is 3. The van der Waals surface area contributed by atoms with Crippen molar-refractivity contribution in [2.75, 3.05) is 12.9 Å². The van der Waals surface area contributed by atoms with Gasteiger partial charge in [0.1, 0.15) is 12.7 Å². The Labute approximate surface area is 128 Å². The van der Waals surface area contributed by atoms with Crippen LogP contribution in [0.2, 0.25) is 0 Å². The highest BCUT2D eigenvalue weighted by Gasteiger charge is 2.07. The van der Waals surface area contributed by atoms with Gasteiger partial charge in [-0.05, 0) is 36.6 Å². The Morgan fingerprint density at radius 1 is 1.27 bits per heavy atom. The Bertz CT molecular complexity index is 869. The van der Waals surface area contributed by atoms with Crippen LogP contribution in [-0.2, 0) is 20.7 Å². The van der Waals surface area contributed by atoms with Gasteiger partial charge in [-0.2, -0.15) is 8.42 Å². The number of benzene rings is 1. The van der Waals surface area contributed by atoms with Crippen LogP contribution in [0, 0.1) is 0 Å². The van der Waals surface area contributed by atoms with E-state index >= 15 is 0 Å². The monoisotopic (exact) mass is 320 g/mol. The molecule has 0 unspecified atom stereocenters. The highest BCUT2D eigenvalue weighted by molar-refractivity contribution is 7.85. The summed E-state index contributed by atoms with van der Waals surface area (Å²) in [5, 5.41) is 8.71. The molecule has 7 nitrogen and oxygen atoms in total. The van der Waals surface area contributed by atoms with E-state index in [2.05, 4.69) is 21.2 Å². The molecule has 116 valence electrons. The minimum atomic E-state index is -3.37. The molecule has 2 aromatic heterocycles. The van der Waals surface area contributed by atoms with E-state index in [1.54, 1.807) is 12.7 Å². The molecule has 0 amide bonds. The predicted molar refractivity (Wildman–Crippen MR) is 82.3 cm³/mol. The van der Waals surface area contributed by atoms with Gasteiger partial charge in [-0.3, -0.25) is 8.75 Å². The average Bonchev–Trinajstić information content (AvgIpc) is 3.12. The molecule has 0 saturated carbocycles. The van der Waals surface area contributed by atoms with Crippen molar-refractivity contribution in [2.24, 2.45) is 0 Å². The molecule has 3 rings (SSSR count). The van der Waals surface area contributed by atoms with Crippen molar-refractivity contribution in [1.29, 1.82) is 0 Å². The van der Waals surface area contributed by atoms with Gasteiger partial charge in [0, 0.05) is 22.8 Å². The second kappa shape index (κ2) is 5.90. The largest absolute Gasteiger partial charge is 0.361 e. The van der Waals surface area contributed by atoms with E-state index in [4.69, 9.17) is 4.18 Å². The maximum absolute atomic E-state index is 10.9. The Balaban J connectivity index is 1.77. The highest BCUT2D eigenvalue weighted by Crippen LogP contribution is 2.22. The van der Waals surface area contributed by atoms with Crippen molar-refractivity contribution in [3.05, 3.63) is 42.6 Å². The zero-order valence-electron chi connectivity index (χ0n) is 12.1. The van der Waals surface area contributed by atoms with Crippen molar-refractivity contribution < 1.29 is 12.6 Å². The number of nitrogens with one attached hydrogen (secondary N) is 1. The molecule has 22 heavy (non-hydrogen) atoms. The van der Waals surface area contributed by atoms with Crippen LogP contribution >= 0.6 is 0 Å². The van der Waals surface area contributed by atoms with Gasteiger partial charge < -0.3 is 4.98 Å². The number of aromatic amines is 1. The van der Waals surface area contributed by atoms with E-state index in [9.17, 15) is 8.42 Å². The third kappa shape index (κ3) is 3.34. The predicted octanol–water partition coefficient (Wildman–Crippen LogP) is 1.66. The number of aromatic nitrogens is 4. The number of hydrogen-bond acceptors (Lipinski definition) is 5. The smallest absolute Gasteiger partial charge is 0.264 e. The molecular formula is C14H16N4O3S. The third-order valence-electron chi connectivity index (χ3n) is 3.36. The fourth-order valence-electron chi connectivity index (χ4n) is 2.34. The fraction of sp³-hybridized carbons (Fsp3) is 0.286. The van der Waals surface area contributed by atoms with Gasteiger partial charge in [0.05, 0.1) is 12.9 Å². The molecule has 0 fully saturated rings. The van der Waals surface area contributed by atoms with E-state index in [0.717, 1.165) is 34.8 Å². The summed E-state index contributed by atoms with van der Waals surface area (Å²) in [5.74, 6) is 0. The van der Waals surface area contributed by atoms with Crippen molar-refractivity contribution in [2.45, 2.75) is 12.8 Å². The molecule has 0 atom stereocenters. The van der Waals surface area contributed by atoms with Gasteiger partial charge in [-0.25, -0.2) is 0 Å². The molecule has 8 heteroatoms. The number of H-pyrrole nitrogens is 1. The first-order chi connectivity index (χ1) is 10.5. The molecule has 0 aliphatic rings. The molecule has 1 aromatic carbocycles. The lowest BCUT2D eigenvalue weighted by Gasteiger charge is -2.04. The second-order valence-electron chi connectivity index (χ2n) is 5.04. The second-order valence-corrected chi connectivity index (χ2v) is 6.69. The van der Waals surface area contributed by atoms with E-state index in [0.29, 0.717) is 6.42 Å². The van der Waals surface area contributed by atoms with Gasteiger partial charge >= 0.3 is 0 Å². The summed E-state index contributed by atoms with van der Waals surface area (Å²) in [6.07, 6.45) is 7.67. The van der Waals surface area contributed by atoms with Crippen LogP contribution in [0.25, 0.3) is 16.6 Å². The van der Waals surface area contributed by atoms with E-state index < -0.39 is 10.1 Å². The zero-order chi connectivity index (χ0) is 15.6. The van der Waals surface area contributed by atoms with Crippen LogP contribution in [0.4, 0.5) is 0 Å². The van der Waals surface area contributed by atoms with Gasteiger partial charge in [0.2, 0.25) is 0 Å². The molecule has 0 bridgehead atoms. The van der Waals surface area contributed by atoms with E-state index in [1.807, 2.05) is 22.9 Å². The first-order valence-electron chi connectivity index (χ1n) is 6.82. The summed E-state index contributed by atoms with van der Waals surface area (Å²) in [7, 11) is -3.37. The quantitative estimate of drug-likeness (QED) is 0.551. The number of aryl methyl sites for hydroxylation is 1. The first kappa shape index (κ1) is 14.7. The van der Waals surface area contributed by atoms with E-state index in [-0.39, 0.29) is 6.61 Å². The Hall–Kier alpha value is -2.19. The van der Waals surface area contributed by atoms with Gasteiger partial charge in [0.15, 0.2) is 0 Å². The molecule has 1 N–H and O–H groups in total. The lowest BCUT2D eigenvalue weighted by atomic mass is 10.1. The van der Waals surface area contributed by atoms with Gasteiger partial charge in [-0.1, -0.05) is 0 Å². The minimum absolute atomic E-state index is 0.191. The average molecular weight is 320 g/mol. The molecule has 0 aliphatic heterocycles. The molecule has 0 spiro atoms. The Morgan fingerprint density at radius 3 is 2.77 bits per heavy atom. The van der Waals surface area contributed by atoms with Crippen molar-refractivity contribution in [3.63, 3.8) is 0 Å². The highest BCUT2D eigenvalue weighted by atomic mass is 32.2. The van der Waals surface area contributed by atoms with Gasteiger partial charge in [0.25, 0.3) is 10.1 Å². The van der Waals surface area contributed by atoms with Crippen LogP contribution in [-0.4, -0.2) is 41.0 Å². The number of hydrogen-bond donors (Lipinski definition) is 1. The molecule has 3 aromatic rings. The minimum Gasteiger partial charge on any atom is -0.361 e. The van der Waals surface area contributed by atoms with Gasteiger partial charge in [-0.15, -0.1) is 10.2 Å².